The molecule has 2 aromatic heterocycles. The van der Waals surface area contributed by atoms with Gasteiger partial charge in [-0.3, -0.25) is 4.79 Å². The highest BCUT2D eigenvalue weighted by Crippen LogP contribution is 2.23. The summed E-state index contributed by atoms with van der Waals surface area (Å²) in [5.74, 6) is 1.86. The summed E-state index contributed by atoms with van der Waals surface area (Å²) < 4.78 is 1.76. The molecule has 0 radical (unpaired) electrons. The molecular weight excluding hydrogens is 340 g/mol. The van der Waals surface area contributed by atoms with Crippen LogP contribution in [-0.2, 0) is 4.79 Å². The number of nitrogens with one attached hydrogen (secondary N) is 1. The fourth-order valence-electron chi connectivity index (χ4n) is 4.08. The molecule has 0 bridgehead atoms. The number of piperidine rings is 1. The van der Waals surface area contributed by atoms with Crippen molar-refractivity contribution in [2.75, 3.05) is 24.5 Å². The molecule has 1 aliphatic carbocycles. The molecular formula is C20H28N6O. The number of carbonyl (C=O) groups excluding carboxylic acids is 1. The summed E-state index contributed by atoms with van der Waals surface area (Å²) >= 11 is 0. The molecule has 0 saturated carbocycles. The maximum Gasteiger partial charge on any atom is 0.224 e. The number of aryl methyl sites for hydroxylation is 1. The van der Waals surface area contributed by atoms with Crippen LogP contribution in [0.15, 0.2) is 23.8 Å². The predicted molar refractivity (Wildman–Crippen MR) is 105 cm³/mol. The Morgan fingerprint density at radius 3 is 3.04 bits per heavy atom. The van der Waals surface area contributed by atoms with Crippen LogP contribution in [0.2, 0.25) is 0 Å². The van der Waals surface area contributed by atoms with Crippen LogP contribution in [0.3, 0.4) is 0 Å². The lowest BCUT2D eigenvalue weighted by atomic mass is 9.96. The number of amides is 1. The molecule has 1 aliphatic heterocycles. The molecule has 0 unspecified atom stereocenters. The fourth-order valence-corrected chi connectivity index (χ4v) is 4.08. The van der Waals surface area contributed by atoms with Gasteiger partial charge in [-0.15, -0.1) is 15.3 Å². The second kappa shape index (κ2) is 8.06. The first-order valence-corrected chi connectivity index (χ1v) is 10.1. The Hall–Kier alpha value is -2.44. The van der Waals surface area contributed by atoms with Gasteiger partial charge in [0.05, 0.1) is 5.92 Å². The lowest BCUT2D eigenvalue weighted by Crippen LogP contribution is -2.43. The summed E-state index contributed by atoms with van der Waals surface area (Å²) in [4.78, 5) is 14.8. The topological polar surface area (TPSA) is 75.4 Å². The van der Waals surface area contributed by atoms with Gasteiger partial charge in [-0.2, -0.15) is 4.52 Å². The Kier molecular flexibility index (Phi) is 5.36. The van der Waals surface area contributed by atoms with E-state index in [4.69, 9.17) is 0 Å². The van der Waals surface area contributed by atoms with Gasteiger partial charge in [0, 0.05) is 19.6 Å². The van der Waals surface area contributed by atoms with Crippen LogP contribution in [0.4, 0.5) is 5.82 Å². The lowest BCUT2D eigenvalue weighted by Gasteiger charge is -2.32. The average molecular weight is 368 g/mol. The van der Waals surface area contributed by atoms with Crippen molar-refractivity contribution in [3.05, 3.63) is 29.6 Å². The van der Waals surface area contributed by atoms with Crippen molar-refractivity contribution in [3.63, 3.8) is 0 Å². The highest BCUT2D eigenvalue weighted by Gasteiger charge is 2.26. The number of hydrogen-bond donors (Lipinski definition) is 1. The molecule has 2 aromatic rings. The summed E-state index contributed by atoms with van der Waals surface area (Å²) in [6.45, 7) is 4.29. The van der Waals surface area contributed by atoms with Gasteiger partial charge >= 0.3 is 0 Å². The number of carbonyl (C=O) groups is 1. The van der Waals surface area contributed by atoms with Gasteiger partial charge in [0.2, 0.25) is 5.91 Å². The lowest BCUT2D eigenvalue weighted by molar-refractivity contribution is -0.125. The molecule has 3 heterocycles. The van der Waals surface area contributed by atoms with Crippen molar-refractivity contribution in [2.24, 2.45) is 5.92 Å². The Labute approximate surface area is 159 Å². The zero-order valence-electron chi connectivity index (χ0n) is 16.0. The number of rotatable bonds is 5. The van der Waals surface area contributed by atoms with Gasteiger partial charge in [-0.05, 0) is 64.0 Å². The number of anilines is 1. The molecule has 27 heavy (non-hydrogen) atoms. The van der Waals surface area contributed by atoms with Crippen molar-refractivity contribution in [2.45, 2.75) is 51.9 Å². The molecule has 0 aromatic carbocycles. The summed E-state index contributed by atoms with van der Waals surface area (Å²) in [7, 11) is 0. The van der Waals surface area contributed by atoms with E-state index in [-0.39, 0.29) is 11.8 Å². The van der Waals surface area contributed by atoms with Crippen molar-refractivity contribution in [3.8, 4) is 0 Å². The highest BCUT2D eigenvalue weighted by molar-refractivity contribution is 5.79. The van der Waals surface area contributed by atoms with Crippen molar-refractivity contribution in [1.82, 2.24) is 25.1 Å². The maximum absolute atomic E-state index is 12.6. The smallest absolute Gasteiger partial charge is 0.224 e. The maximum atomic E-state index is 12.6. The Balaban J connectivity index is 1.34. The molecule has 0 spiro atoms. The van der Waals surface area contributed by atoms with Gasteiger partial charge < -0.3 is 10.2 Å². The first-order chi connectivity index (χ1) is 13.2. The van der Waals surface area contributed by atoms with E-state index in [2.05, 4.69) is 31.6 Å². The standard InChI is InChI=1S/C20H28N6O/c1-15-22-23-18-9-10-19(24-26(15)18)25-13-5-8-17(14-25)20(27)21-12-11-16-6-3-2-4-7-16/h6,9-10,17H,2-5,7-8,11-14H2,1H3,(H,21,27)/t17-/m1/s1. The number of allylic oxidation sites excluding steroid dienone is 1. The van der Waals surface area contributed by atoms with Gasteiger partial charge in [-0.25, -0.2) is 0 Å². The minimum Gasteiger partial charge on any atom is -0.355 e. The summed E-state index contributed by atoms with van der Waals surface area (Å²) in [5.41, 5.74) is 2.26. The van der Waals surface area contributed by atoms with Crippen LogP contribution < -0.4 is 10.2 Å². The zero-order chi connectivity index (χ0) is 18.6. The molecule has 1 N–H and O–H groups in total. The first-order valence-electron chi connectivity index (χ1n) is 10.1. The Bertz CT molecular complexity index is 842. The largest absolute Gasteiger partial charge is 0.355 e. The predicted octanol–water partition coefficient (Wildman–Crippen LogP) is 2.66. The van der Waals surface area contributed by atoms with E-state index in [1.807, 2.05) is 19.1 Å². The minimum atomic E-state index is 0.0265. The summed E-state index contributed by atoms with van der Waals surface area (Å²) in [5, 5.41) is 16.0. The molecule has 144 valence electrons. The third-order valence-corrected chi connectivity index (χ3v) is 5.65. The second-order valence-corrected chi connectivity index (χ2v) is 7.64. The molecule has 2 aliphatic rings. The van der Waals surface area contributed by atoms with Gasteiger partial charge in [0.25, 0.3) is 0 Å². The molecule has 1 amide bonds. The van der Waals surface area contributed by atoms with Crippen LogP contribution in [0.25, 0.3) is 5.65 Å². The zero-order valence-corrected chi connectivity index (χ0v) is 16.0. The van der Waals surface area contributed by atoms with Gasteiger partial charge in [-0.1, -0.05) is 11.6 Å². The third-order valence-electron chi connectivity index (χ3n) is 5.65. The Morgan fingerprint density at radius 1 is 1.26 bits per heavy atom. The SMILES string of the molecule is Cc1nnc2ccc(N3CCC[C@@H](C(=O)NCCC4=CCCCC4)C3)nn12. The monoisotopic (exact) mass is 368 g/mol. The van der Waals surface area contributed by atoms with E-state index in [1.54, 1.807) is 4.52 Å². The van der Waals surface area contributed by atoms with Crippen LogP contribution in [-0.4, -0.2) is 45.4 Å². The Morgan fingerprint density at radius 2 is 2.19 bits per heavy atom. The highest BCUT2D eigenvalue weighted by atomic mass is 16.1. The minimum absolute atomic E-state index is 0.0265. The van der Waals surface area contributed by atoms with Crippen molar-refractivity contribution in [1.29, 1.82) is 0 Å². The quantitative estimate of drug-likeness (QED) is 0.821. The molecule has 4 rings (SSSR count). The number of fused-ring (bicyclic) bond motifs is 1. The molecule has 7 nitrogen and oxygen atoms in total. The number of hydrogen-bond acceptors (Lipinski definition) is 5. The van der Waals surface area contributed by atoms with E-state index in [9.17, 15) is 4.79 Å². The first kappa shape index (κ1) is 17.9. The van der Waals surface area contributed by atoms with E-state index in [0.29, 0.717) is 6.54 Å². The molecule has 7 heteroatoms. The van der Waals surface area contributed by atoms with E-state index in [0.717, 1.165) is 49.6 Å². The normalized spacial score (nSPS) is 20.6. The summed E-state index contributed by atoms with van der Waals surface area (Å²) in [6, 6.07) is 3.91. The fraction of sp³-hybridized carbons (Fsp3) is 0.600. The summed E-state index contributed by atoms with van der Waals surface area (Å²) in [6.07, 6.45) is 10.3. The molecule has 1 fully saturated rings. The van der Waals surface area contributed by atoms with E-state index < -0.39 is 0 Å². The van der Waals surface area contributed by atoms with Crippen LogP contribution in [0.5, 0.6) is 0 Å². The van der Waals surface area contributed by atoms with Crippen LogP contribution >= 0.6 is 0 Å². The van der Waals surface area contributed by atoms with Crippen LogP contribution in [0.1, 0.15) is 50.8 Å². The second-order valence-electron chi connectivity index (χ2n) is 7.64. The average Bonchev–Trinajstić information content (AvgIpc) is 3.09. The molecule has 1 saturated heterocycles. The van der Waals surface area contributed by atoms with Crippen LogP contribution in [0, 0.1) is 12.8 Å². The third kappa shape index (κ3) is 4.12. The van der Waals surface area contributed by atoms with Crippen molar-refractivity contribution >= 4 is 17.4 Å². The van der Waals surface area contributed by atoms with Gasteiger partial charge in [0.15, 0.2) is 11.5 Å². The van der Waals surface area contributed by atoms with Crippen molar-refractivity contribution < 1.29 is 4.79 Å². The van der Waals surface area contributed by atoms with E-state index in [1.165, 1.54) is 31.3 Å². The number of aromatic nitrogens is 4. The van der Waals surface area contributed by atoms with Gasteiger partial charge in [0.1, 0.15) is 5.82 Å². The van der Waals surface area contributed by atoms with E-state index >= 15 is 0 Å². The number of nitrogens with zero attached hydrogens (tertiary/aromatic N) is 5. The molecule has 1 atom stereocenters.